The Hall–Kier alpha value is -1.69. The van der Waals surface area contributed by atoms with E-state index in [0.717, 1.165) is 54.9 Å². The molecule has 3 heterocycles. The van der Waals surface area contributed by atoms with Crippen LogP contribution in [0.15, 0.2) is 17.8 Å². The third-order valence-corrected chi connectivity index (χ3v) is 5.64. The van der Waals surface area contributed by atoms with Gasteiger partial charge in [-0.25, -0.2) is 15.0 Å². The number of piperidine rings is 1. The maximum atomic E-state index is 5.93. The minimum absolute atomic E-state index is 0.603. The predicted molar refractivity (Wildman–Crippen MR) is 91.3 cm³/mol. The number of rotatable bonds is 5. The highest BCUT2D eigenvalue weighted by molar-refractivity contribution is 7.13. The zero-order valence-corrected chi connectivity index (χ0v) is 14.3. The number of thiazole rings is 1. The average molecular weight is 330 g/mol. The second-order valence-corrected chi connectivity index (χ2v) is 7.40. The van der Waals surface area contributed by atoms with Crippen molar-refractivity contribution < 1.29 is 4.74 Å². The van der Waals surface area contributed by atoms with E-state index in [-0.39, 0.29) is 0 Å². The lowest BCUT2D eigenvalue weighted by molar-refractivity contribution is 0.215. The van der Waals surface area contributed by atoms with E-state index in [9.17, 15) is 0 Å². The highest BCUT2D eigenvalue weighted by Gasteiger charge is 2.26. The number of hydrogen-bond acceptors (Lipinski definition) is 6. The fraction of sp³-hybridized carbons (Fsp3) is 0.588. The Morgan fingerprint density at radius 2 is 2.04 bits per heavy atom. The van der Waals surface area contributed by atoms with Crippen molar-refractivity contribution in [2.24, 2.45) is 5.92 Å². The third-order valence-electron chi connectivity index (χ3n) is 4.62. The molecule has 122 valence electrons. The van der Waals surface area contributed by atoms with Gasteiger partial charge in [0, 0.05) is 30.5 Å². The van der Waals surface area contributed by atoms with Gasteiger partial charge in [-0.1, -0.05) is 0 Å². The molecule has 23 heavy (non-hydrogen) atoms. The summed E-state index contributed by atoms with van der Waals surface area (Å²) in [6.07, 6.45) is 6.45. The van der Waals surface area contributed by atoms with Crippen LogP contribution in [0.25, 0.3) is 0 Å². The van der Waals surface area contributed by atoms with Gasteiger partial charge in [0.15, 0.2) is 5.13 Å². The number of anilines is 1. The topological polar surface area (TPSA) is 51.1 Å². The Bertz CT molecular complexity index is 662. The first-order valence-corrected chi connectivity index (χ1v) is 9.28. The molecule has 0 bridgehead atoms. The maximum Gasteiger partial charge on any atom is 0.216 e. The molecule has 0 N–H and O–H groups in total. The Morgan fingerprint density at radius 1 is 1.22 bits per heavy atom. The summed E-state index contributed by atoms with van der Waals surface area (Å²) in [6.45, 7) is 4.94. The lowest BCUT2D eigenvalue weighted by Crippen LogP contribution is -2.35. The normalized spacial score (nSPS) is 19.1. The minimum atomic E-state index is 0.603. The molecular formula is C17H22N4OS. The first kappa shape index (κ1) is 14.9. The number of nitrogens with zero attached hydrogens (tertiary/aromatic N) is 4. The summed E-state index contributed by atoms with van der Waals surface area (Å²) in [6, 6.07) is 2.02. The summed E-state index contributed by atoms with van der Waals surface area (Å²) in [5.41, 5.74) is 2.26. The van der Waals surface area contributed by atoms with E-state index in [1.807, 2.05) is 6.07 Å². The molecule has 4 rings (SSSR count). The largest absolute Gasteiger partial charge is 0.477 e. The van der Waals surface area contributed by atoms with Crippen LogP contribution in [0.1, 0.15) is 43.0 Å². The van der Waals surface area contributed by atoms with E-state index >= 15 is 0 Å². The quantitative estimate of drug-likeness (QED) is 0.841. The van der Waals surface area contributed by atoms with Gasteiger partial charge in [0.05, 0.1) is 18.0 Å². The van der Waals surface area contributed by atoms with Crippen LogP contribution < -0.4 is 9.64 Å². The predicted octanol–water partition coefficient (Wildman–Crippen LogP) is 3.41. The van der Waals surface area contributed by atoms with Crippen molar-refractivity contribution in [1.29, 1.82) is 0 Å². The molecule has 1 aliphatic heterocycles. The first-order valence-electron chi connectivity index (χ1n) is 8.40. The molecule has 0 spiro atoms. The van der Waals surface area contributed by atoms with Crippen molar-refractivity contribution in [3.05, 3.63) is 29.2 Å². The molecule has 0 amide bonds. The van der Waals surface area contributed by atoms with E-state index in [0.29, 0.717) is 11.8 Å². The molecule has 1 aliphatic carbocycles. The van der Waals surface area contributed by atoms with Crippen LogP contribution in [0.2, 0.25) is 0 Å². The summed E-state index contributed by atoms with van der Waals surface area (Å²) >= 11 is 1.74. The number of ether oxygens (including phenoxy) is 1. The monoisotopic (exact) mass is 330 g/mol. The van der Waals surface area contributed by atoms with Gasteiger partial charge in [0.25, 0.3) is 0 Å². The van der Waals surface area contributed by atoms with Crippen molar-refractivity contribution >= 4 is 16.5 Å². The van der Waals surface area contributed by atoms with Crippen LogP contribution in [-0.2, 0) is 0 Å². The van der Waals surface area contributed by atoms with Crippen molar-refractivity contribution in [1.82, 2.24) is 15.0 Å². The zero-order chi connectivity index (χ0) is 15.6. The summed E-state index contributed by atoms with van der Waals surface area (Å²) in [7, 11) is 0. The molecule has 2 fully saturated rings. The average Bonchev–Trinajstić information content (AvgIpc) is 3.35. The van der Waals surface area contributed by atoms with Crippen molar-refractivity contribution in [2.75, 3.05) is 24.6 Å². The molecule has 0 unspecified atom stereocenters. The van der Waals surface area contributed by atoms with Crippen LogP contribution in [0.4, 0.5) is 5.13 Å². The summed E-state index contributed by atoms with van der Waals surface area (Å²) in [5.74, 6) is 1.98. The Balaban J connectivity index is 1.27. The Kier molecular flexibility index (Phi) is 4.16. The molecule has 2 aliphatic rings. The smallest absolute Gasteiger partial charge is 0.216 e. The maximum absolute atomic E-state index is 5.93. The van der Waals surface area contributed by atoms with Crippen molar-refractivity contribution in [3.63, 3.8) is 0 Å². The van der Waals surface area contributed by atoms with Crippen LogP contribution in [-0.4, -0.2) is 34.6 Å². The third kappa shape index (κ3) is 3.63. The first-order chi connectivity index (χ1) is 11.3. The van der Waals surface area contributed by atoms with E-state index in [1.54, 1.807) is 17.7 Å². The molecule has 1 saturated heterocycles. The van der Waals surface area contributed by atoms with Crippen molar-refractivity contribution in [3.8, 4) is 5.88 Å². The Morgan fingerprint density at radius 3 is 2.74 bits per heavy atom. The molecule has 2 aromatic heterocycles. The van der Waals surface area contributed by atoms with E-state index < -0.39 is 0 Å². The van der Waals surface area contributed by atoms with Gasteiger partial charge in [0.1, 0.15) is 6.33 Å². The zero-order valence-electron chi connectivity index (χ0n) is 13.4. The summed E-state index contributed by atoms with van der Waals surface area (Å²) < 4.78 is 5.93. The standard InChI is InChI=1S/C17H22N4OS/c1-12-10-23-17(20-12)21-6-4-13(5-7-21)9-22-16-8-15(14-2-3-14)18-11-19-16/h8,10-11,13-14H,2-7,9H2,1H3. The van der Waals surface area contributed by atoms with Crippen LogP contribution >= 0.6 is 11.3 Å². The molecular weight excluding hydrogens is 308 g/mol. The lowest BCUT2D eigenvalue weighted by atomic mass is 9.98. The van der Waals surface area contributed by atoms with Crippen LogP contribution in [0.3, 0.4) is 0 Å². The fourth-order valence-electron chi connectivity index (χ4n) is 3.02. The van der Waals surface area contributed by atoms with Gasteiger partial charge in [-0.3, -0.25) is 0 Å². The molecule has 5 nitrogen and oxygen atoms in total. The second-order valence-electron chi connectivity index (χ2n) is 6.57. The molecule has 2 aromatic rings. The minimum Gasteiger partial charge on any atom is -0.477 e. The van der Waals surface area contributed by atoms with E-state index in [1.165, 1.54) is 12.8 Å². The number of aromatic nitrogens is 3. The molecule has 1 saturated carbocycles. The number of aryl methyl sites for hydroxylation is 1. The van der Waals surface area contributed by atoms with Crippen molar-refractivity contribution in [2.45, 2.75) is 38.5 Å². The molecule has 6 heteroatoms. The summed E-state index contributed by atoms with van der Waals surface area (Å²) in [4.78, 5) is 15.6. The summed E-state index contributed by atoms with van der Waals surface area (Å²) in [5, 5.41) is 3.28. The fourth-order valence-corrected chi connectivity index (χ4v) is 3.87. The number of hydrogen-bond donors (Lipinski definition) is 0. The van der Waals surface area contributed by atoms with Crippen LogP contribution in [0, 0.1) is 12.8 Å². The van der Waals surface area contributed by atoms with Gasteiger partial charge in [0.2, 0.25) is 5.88 Å². The SMILES string of the molecule is Cc1csc(N2CCC(COc3cc(C4CC4)ncn3)CC2)n1. The second kappa shape index (κ2) is 6.43. The highest BCUT2D eigenvalue weighted by Crippen LogP contribution is 2.39. The Labute approximate surface area is 140 Å². The van der Waals surface area contributed by atoms with Gasteiger partial charge < -0.3 is 9.64 Å². The highest BCUT2D eigenvalue weighted by atomic mass is 32.1. The lowest BCUT2D eigenvalue weighted by Gasteiger charge is -2.31. The van der Waals surface area contributed by atoms with Gasteiger partial charge in [-0.05, 0) is 38.5 Å². The van der Waals surface area contributed by atoms with Gasteiger partial charge >= 0.3 is 0 Å². The molecule has 0 atom stereocenters. The van der Waals surface area contributed by atoms with E-state index in [4.69, 9.17) is 4.74 Å². The van der Waals surface area contributed by atoms with Crippen LogP contribution in [0.5, 0.6) is 5.88 Å². The van der Waals surface area contributed by atoms with Gasteiger partial charge in [-0.15, -0.1) is 11.3 Å². The van der Waals surface area contributed by atoms with E-state index in [2.05, 4.69) is 32.2 Å². The van der Waals surface area contributed by atoms with Gasteiger partial charge in [-0.2, -0.15) is 0 Å². The molecule has 0 radical (unpaired) electrons. The molecule has 0 aromatic carbocycles.